The average molecular weight is 254 g/mol. The monoisotopic (exact) mass is 254 g/mol. The van der Waals surface area contributed by atoms with Crippen molar-refractivity contribution >= 4 is 17.7 Å². The Kier molecular flexibility index (Phi) is 4.74. The van der Waals surface area contributed by atoms with E-state index in [1.165, 1.54) is 11.8 Å². The molecule has 0 fully saturated rings. The summed E-state index contributed by atoms with van der Waals surface area (Å²) in [6.45, 7) is 10.2. The second-order valence-electron chi connectivity index (χ2n) is 4.64. The van der Waals surface area contributed by atoms with Gasteiger partial charge in [0.05, 0.1) is 5.75 Å². The minimum atomic E-state index is -0.202. The smallest absolute Gasteiger partial charge is 0.230 e. The number of carbonyl (C=O) groups is 1. The lowest BCUT2D eigenvalue weighted by Crippen LogP contribution is -2.41. The van der Waals surface area contributed by atoms with Crippen LogP contribution in [0.1, 0.15) is 20.8 Å². The van der Waals surface area contributed by atoms with Gasteiger partial charge in [0, 0.05) is 12.1 Å². The number of carbonyl (C=O) groups excluding carboxylic acids is 1. The van der Waals surface area contributed by atoms with Crippen LogP contribution in [0.3, 0.4) is 0 Å². The van der Waals surface area contributed by atoms with E-state index < -0.39 is 0 Å². The molecule has 0 aromatic carbocycles. The van der Waals surface area contributed by atoms with Gasteiger partial charge in [-0.3, -0.25) is 4.79 Å². The summed E-state index contributed by atoms with van der Waals surface area (Å²) in [5.41, 5.74) is -0.202. The summed E-state index contributed by atoms with van der Waals surface area (Å²) < 4.78 is 1.85. The minimum Gasteiger partial charge on any atom is -0.351 e. The molecule has 17 heavy (non-hydrogen) atoms. The van der Waals surface area contributed by atoms with E-state index in [0.717, 1.165) is 5.16 Å². The lowest BCUT2D eigenvalue weighted by atomic mass is 10.1. The second kappa shape index (κ2) is 5.86. The van der Waals surface area contributed by atoms with Crippen molar-refractivity contribution in [2.75, 3.05) is 5.75 Å². The standard InChI is InChI=1S/C11H18N4OS/c1-5-6-15-8-12-14-10(15)17-7-9(16)13-11(2,3)4/h5,8H,1,6-7H2,2-4H3,(H,13,16). The fraction of sp³-hybridized carbons (Fsp3) is 0.545. The van der Waals surface area contributed by atoms with Gasteiger partial charge in [0.15, 0.2) is 5.16 Å². The van der Waals surface area contributed by atoms with Crippen molar-refractivity contribution in [3.8, 4) is 0 Å². The summed E-state index contributed by atoms with van der Waals surface area (Å²) >= 11 is 1.37. The molecule has 94 valence electrons. The summed E-state index contributed by atoms with van der Waals surface area (Å²) in [6, 6.07) is 0. The Bertz CT molecular complexity index is 394. The Labute approximate surface area is 106 Å². The molecule has 0 radical (unpaired) electrons. The molecule has 1 aromatic rings. The molecule has 0 saturated carbocycles. The first-order valence-corrected chi connectivity index (χ1v) is 6.33. The maximum atomic E-state index is 11.6. The lowest BCUT2D eigenvalue weighted by molar-refractivity contribution is -0.119. The molecule has 5 nitrogen and oxygen atoms in total. The molecule has 0 aliphatic carbocycles. The van der Waals surface area contributed by atoms with Crippen LogP contribution in [0.25, 0.3) is 0 Å². The molecule has 0 aliphatic rings. The predicted octanol–water partition coefficient (Wildman–Crippen LogP) is 1.47. The first-order valence-electron chi connectivity index (χ1n) is 5.35. The van der Waals surface area contributed by atoms with Crippen molar-refractivity contribution in [1.29, 1.82) is 0 Å². The molecule has 1 N–H and O–H groups in total. The van der Waals surface area contributed by atoms with E-state index in [1.807, 2.05) is 25.3 Å². The van der Waals surface area contributed by atoms with E-state index in [-0.39, 0.29) is 11.4 Å². The third-order valence-corrected chi connectivity index (χ3v) is 2.73. The third kappa shape index (κ3) is 5.04. The molecule has 0 aliphatic heterocycles. The van der Waals surface area contributed by atoms with Crippen LogP contribution < -0.4 is 5.32 Å². The Morgan fingerprint density at radius 1 is 1.65 bits per heavy atom. The van der Waals surface area contributed by atoms with Crippen molar-refractivity contribution in [1.82, 2.24) is 20.1 Å². The van der Waals surface area contributed by atoms with Crippen LogP contribution in [0.15, 0.2) is 24.1 Å². The molecule has 1 aromatic heterocycles. The molecule has 1 rings (SSSR count). The molecule has 0 atom stereocenters. The van der Waals surface area contributed by atoms with Gasteiger partial charge in [0.2, 0.25) is 5.91 Å². The third-order valence-electron chi connectivity index (χ3n) is 1.75. The second-order valence-corrected chi connectivity index (χ2v) is 5.58. The summed E-state index contributed by atoms with van der Waals surface area (Å²) in [4.78, 5) is 11.6. The molecular formula is C11H18N4OS. The number of nitrogens with zero attached hydrogens (tertiary/aromatic N) is 3. The van der Waals surface area contributed by atoms with Gasteiger partial charge < -0.3 is 9.88 Å². The zero-order valence-electron chi connectivity index (χ0n) is 10.4. The van der Waals surface area contributed by atoms with E-state index in [4.69, 9.17) is 0 Å². The fourth-order valence-corrected chi connectivity index (χ4v) is 1.93. The van der Waals surface area contributed by atoms with Crippen LogP contribution in [0.5, 0.6) is 0 Å². The number of rotatable bonds is 5. The molecule has 0 bridgehead atoms. The number of amides is 1. The zero-order valence-corrected chi connectivity index (χ0v) is 11.3. The molecule has 0 saturated heterocycles. The van der Waals surface area contributed by atoms with Crippen molar-refractivity contribution in [2.45, 2.75) is 38.0 Å². The maximum absolute atomic E-state index is 11.6. The average Bonchev–Trinajstić information content (AvgIpc) is 2.60. The number of nitrogens with one attached hydrogen (secondary N) is 1. The number of hydrogen-bond acceptors (Lipinski definition) is 4. The Morgan fingerprint density at radius 3 is 2.94 bits per heavy atom. The quantitative estimate of drug-likeness (QED) is 0.638. The van der Waals surface area contributed by atoms with Crippen molar-refractivity contribution in [3.63, 3.8) is 0 Å². The number of hydrogen-bond donors (Lipinski definition) is 1. The van der Waals surface area contributed by atoms with Gasteiger partial charge in [-0.25, -0.2) is 0 Å². The Hall–Kier alpha value is -1.30. The summed E-state index contributed by atoms with van der Waals surface area (Å²) in [5.74, 6) is 0.336. The largest absolute Gasteiger partial charge is 0.351 e. The van der Waals surface area contributed by atoms with E-state index in [0.29, 0.717) is 12.3 Å². The van der Waals surface area contributed by atoms with E-state index >= 15 is 0 Å². The zero-order chi connectivity index (χ0) is 12.9. The van der Waals surface area contributed by atoms with Crippen molar-refractivity contribution in [3.05, 3.63) is 19.0 Å². The molecule has 1 heterocycles. The maximum Gasteiger partial charge on any atom is 0.230 e. The first-order chi connectivity index (χ1) is 7.92. The van der Waals surface area contributed by atoms with Gasteiger partial charge in [0.1, 0.15) is 6.33 Å². The van der Waals surface area contributed by atoms with Crippen LogP contribution in [-0.4, -0.2) is 32.0 Å². The van der Waals surface area contributed by atoms with Crippen molar-refractivity contribution in [2.24, 2.45) is 0 Å². The van der Waals surface area contributed by atoms with Crippen LogP contribution in [-0.2, 0) is 11.3 Å². The van der Waals surface area contributed by atoms with Crippen LogP contribution in [0.2, 0.25) is 0 Å². The normalized spacial score (nSPS) is 11.2. The van der Waals surface area contributed by atoms with Crippen LogP contribution >= 0.6 is 11.8 Å². The highest BCUT2D eigenvalue weighted by atomic mass is 32.2. The predicted molar refractivity (Wildman–Crippen MR) is 68.8 cm³/mol. The highest BCUT2D eigenvalue weighted by Gasteiger charge is 2.14. The Morgan fingerprint density at radius 2 is 2.35 bits per heavy atom. The van der Waals surface area contributed by atoms with Gasteiger partial charge in [-0.1, -0.05) is 17.8 Å². The van der Waals surface area contributed by atoms with Gasteiger partial charge >= 0.3 is 0 Å². The van der Waals surface area contributed by atoms with Gasteiger partial charge in [-0.15, -0.1) is 16.8 Å². The van der Waals surface area contributed by atoms with Gasteiger partial charge in [-0.2, -0.15) is 0 Å². The lowest BCUT2D eigenvalue weighted by Gasteiger charge is -2.20. The van der Waals surface area contributed by atoms with Crippen LogP contribution in [0.4, 0.5) is 0 Å². The molecule has 1 amide bonds. The van der Waals surface area contributed by atoms with Gasteiger partial charge in [-0.05, 0) is 20.8 Å². The highest BCUT2D eigenvalue weighted by molar-refractivity contribution is 7.99. The SMILES string of the molecule is C=CCn1cnnc1SCC(=O)NC(C)(C)C. The molecule has 0 unspecified atom stereocenters. The highest BCUT2D eigenvalue weighted by Crippen LogP contribution is 2.14. The summed E-state index contributed by atoms with van der Waals surface area (Å²) in [6.07, 6.45) is 3.40. The van der Waals surface area contributed by atoms with E-state index in [9.17, 15) is 4.79 Å². The fourth-order valence-electron chi connectivity index (χ4n) is 1.20. The topological polar surface area (TPSA) is 59.8 Å². The molecule has 6 heteroatoms. The molecule has 0 spiro atoms. The number of aromatic nitrogens is 3. The van der Waals surface area contributed by atoms with E-state index in [2.05, 4.69) is 22.1 Å². The van der Waals surface area contributed by atoms with Gasteiger partial charge in [0.25, 0.3) is 0 Å². The molecular weight excluding hydrogens is 236 g/mol. The number of allylic oxidation sites excluding steroid dienone is 1. The summed E-state index contributed by atoms with van der Waals surface area (Å²) in [5, 5.41) is 11.4. The van der Waals surface area contributed by atoms with Crippen molar-refractivity contribution < 1.29 is 4.79 Å². The first kappa shape index (κ1) is 13.8. The Balaban J connectivity index is 2.47. The van der Waals surface area contributed by atoms with Crippen LogP contribution in [0, 0.1) is 0 Å². The number of thioether (sulfide) groups is 1. The van der Waals surface area contributed by atoms with E-state index in [1.54, 1.807) is 12.4 Å². The minimum absolute atomic E-state index is 0.00402. The summed E-state index contributed by atoms with van der Waals surface area (Å²) in [7, 11) is 0.